The Morgan fingerprint density at radius 3 is 2.63 bits per heavy atom. The molecule has 5 nitrogen and oxygen atoms in total. The number of furan rings is 1. The van der Waals surface area contributed by atoms with Gasteiger partial charge in [-0.2, -0.15) is 4.98 Å². The van der Waals surface area contributed by atoms with E-state index in [1.54, 1.807) is 6.26 Å². The molecule has 0 amide bonds. The Labute approximate surface area is 160 Å². The maximum atomic E-state index is 5.38. The minimum absolute atomic E-state index is 0.627. The van der Waals surface area contributed by atoms with Crippen molar-refractivity contribution in [1.82, 2.24) is 9.97 Å². The molecule has 4 rings (SSSR count). The Morgan fingerprint density at radius 1 is 1.07 bits per heavy atom. The highest BCUT2D eigenvalue weighted by atomic mass is 16.3. The number of aromatic nitrogens is 2. The number of piperidine rings is 1. The predicted octanol–water partition coefficient (Wildman–Crippen LogP) is 4.45. The zero-order valence-electron chi connectivity index (χ0n) is 15.8. The monoisotopic (exact) mass is 362 g/mol. The van der Waals surface area contributed by atoms with Crippen molar-refractivity contribution in [2.24, 2.45) is 5.92 Å². The van der Waals surface area contributed by atoms with Crippen LogP contribution < -0.4 is 10.2 Å². The first-order chi connectivity index (χ1) is 13.3. The second-order valence-electron chi connectivity index (χ2n) is 7.25. The highest BCUT2D eigenvalue weighted by Crippen LogP contribution is 2.25. The summed E-state index contributed by atoms with van der Waals surface area (Å²) in [5, 5.41) is 3.34. The molecule has 1 aliphatic rings. The molecule has 3 aromatic rings. The normalized spacial score (nSPS) is 15.1. The summed E-state index contributed by atoms with van der Waals surface area (Å²) in [6, 6.07) is 16.6. The van der Waals surface area contributed by atoms with Crippen LogP contribution >= 0.6 is 0 Å². The van der Waals surface area contributed by atoms with Crippen LogP contribution in [0.15, 0.2) is 59.2 Å². The van der Waals surface area contributed by atoms with E-state index in [1.807, 2.05) is 25.1 Å². The summed E-state index contributed by atoms with van der Waals surface area (Å²) >= 11 is 0. The Morgan fingerprint density at radius 2 is 1.89 bits per heavy atom. The fourth-order valence-electron chi connectivity index (χ4n) is 3.66. The number of benzene rings is 1. The lowest BCUT2D eigenvalue weighted by molar-refractivity contribution is 0.400. The SMILES string of the molecule is Cc1cc(NCc2ccco2)nc(N2CCC(Cc3ccccc3)CC2)n1. The smallest absolute Gasteiger partial charge is 0.227 e. The highest BCUT2D eigenvalue weighted by molar-refractivity contribution is 5.44. The van der Waals surface area contributed by atoms with Crippen molar-refractivity contribution in [1.29, 1.82) is 0 Å². The molecule has 0 bridgehead atoms. The number of nitrogens with zero attached hydrogens (tertiary/aromatic N) is 3. The van der Waals surface area contributed by atoms with E-state index in [0.717, 1.165) is 42.2 Å². The van der Waals surface area contributed by atoms with Crippen molar-refractivity contribution >= 4 is 11.8 Å². The minimum atomic E-state index is 0.627. The number of aryl methyl sites for hydroxylation is 1. The van der Waals surface area contributed by atoms with Gasteiger partial charge in [0.15, 0.2) is 0 Å². The van der Waals surface area contributed by atoms with Crippen molar-refractivity contribution in [3.8, 4) is 0 Å². The van der Waals surface area contributed by atoms with Gasteiger partial charge in [-0.25, -0.2) is 4.98 Å². The molecule has 0 unspecified atom stereocenters. The van der Waals surface area contributed by atoms with Gasteiger partial charge in [-0.3, -0.25) is 0 Å². The average molecular weight is 362 g/mol. The van der Waals surface area contributed by atoms with Gasteiger partial charge in [0, 0.05) is 24.8 Å². The second-order valence-corrected chi connectivity index (χ2v) is 7.25. The fourth-order valence-corrected chi connectivity index (χ4v) is 3.66. The maximum Gasteiger partial charge on any atom is 0.227 e. The summed E-state index contributed by atoms with van der Waals surface area (Å²) in [4.78, 5) is 11.7. The van der Waals surface area contributed by atoms with E-state index in [4.69, 9.17) is 9.40 Å². The summed E-state index contributed by atoms with van der Waals surface area (Å²) in [5.74, 6) is 3.31. The van der Waals surface area contributed by atoms with Gasteiger partial charge in [0.2, 0.25) is 5.95 Å². The van der Waals surface area contributed by atoms with E-state index in [-0.39, 0.29) is 0 Å². The summed E-state index contributed by atoms with van der Waals surface area (Å²) in [5.41, 5.74) is 2.42. The molecule has 0 spiro atoms. The topological polar surface area (TPSA) is 54.2 Å². The van der Waals surface area contributed by atoms with Gasteiger partial charge in [0.05, 0.1) is 12.8 Å². The number of anilines is 2. The summed E-state index contributed by atoms with van der Waals surface area (Å²) < 4.78 is 5.38. The quantitative estimate of drug-likeness (QED) is 0.702. The molecule has 3 heterocycles. The molecule has 140 valence electrons. The third-order valence-electron chi connectivity index (χ3n) is 5.13. The molecule has 1 N–H and O–H groups in total. The van der Waals surface area contributed by atoms with Crippen molar-refractivity contribution in [2.75, 3.05) is 23.3 Å². The molecule has 1 saturated heterocycles. The number of nitrogens with one attached hydrogen (secondary N) is 1. The Bertz CT molecular complexity index is 840. The Balaban J connectivity index is 1.36. The van der Waals surface area contributed by atoms with Crippen molar-refractivity contribution in [3.05, 3.63) is 71.8 Å². The summed E-state index contributed by atoms with van der Waals surface area (Å²) in [6.07, 6.45) is 5.22. The van der Waals surface area contributed by atoms with Crippen LogP contribution in [0.25, 0.3) is 0 Å². The van der Waals surface area contributed by atoms with Gasteiger partial charge < -0.3 is 14.6 Å². The van der Waals surface area contributed by atoms with Gasteiger partial charge in [0.25, 0.3) is 0 Å². The average Bonchev–Trinajstić information content (AvgIpc) is 3.21. The standard InChI is InChI=1S/C22H26N4O/c1-17-14-21(23-16-20-8-5-13-27-20)25-22(24-17)26-11-9-19(10-12-26)15-18-6-3-2-4-7-18/h2-8,13-14,19H,9-12,15-16H2,1H3,(H,23,24,25). The van der Waals surface area contributed by atoms with Crippen LogP contribution in [-0.2, 0) is 13.0 Å². The van der Waals surface area contributed by atoms with Crippen molar-refractivity contribution in [3.63, 3.8) is 0 Å². The van der Waals surface area contributed by atoms with Gasteiger partial charge >= 0.3 is 0 Å². The van der Waals surface area contributed by atoms with E-state index in [9.17, 15) is 0 Å². The highest BCUT2D eigenvalue weighted by Gasteiger charge is 2.21. The third kappa shape index (κ3) is 4.67. The van der Waals surface area contributed by atoms with Crippen LogP contribution in [0.3, 0.4) is 0 Å². The molecule has 0 atom stereocenters. The van der Waals surface area contributed by atoms with E-state index >= 15 is 0 Å². The van der Waals surface area contributed by atoms with Crippen LogP contribution in [0.1, 0.15) is 29.9 Å². The molecule has 2 aromatic heterocycles. The molecule has 5 heteroatoms. The molecular weight excluding hydrogens is 336 g/mol. The van der Waals surface area contributed by atoms with Crippen molar-refractivity contribution in [2.45, 2.75) is 32.7 Å². The molecule has 27 heavy (non-hydrogen) atoms. The first-order valence-corrected chi connectivity index (χ1v) is 9.67. The lowest BCUT2D eigenvalue weighted by Crippen LogP contribution is -2.35. The van der Waals surface area contributed by atoms with E-state index < -0.39 is 0 Å². The van der Waals surface area contributed by atoms with Crippen LogP contribution in [-0.4, -0.2) is 23.1 Å². The zero-order chi connectivity index (χ0) is 18.5. The second kappa shape index (κ2) is 8.25. The van der Waals surface area contributed by atoms with Gasteiger partial charge in [-0.05, 0) is 49.8 Å². The first kappa shape index (κ1) is 17.6. The van der Waals surface area contributed by atoms with Gasteiger partial charge in [-0.15, -0.1) is 0 Å². The zero-order valence-corrected chi connectivity index (χ0v) is 15.8. The molecule has 0 saturated carbocycles. The van der Waals surface area contributed by atoms with E-state index in [1.165, 1.54) is 24.8 Å². The molecule has 1 fully saturated rings. The lowest BCUT2D eigenvalue weighted by Gasteiger charge is -2.32. The van der Waals surface area contributed by atoms with Crippen LogP contribution in [0.5, 0.6) is 0 Å². The minimum Gasteiger partial charge on any atom is -0.467 e. The van der Waals surface area contributed by atoms with Crippen LogP contribution in [0.2, 0.25) is 0 Å². The summed E-state index contributed by atoms with van der Waals surface area (Å²) in [6.45, 7) is 4.67. The molecule has 1 aromatic carbocycles. The van der Waals surface area contributed by atoms with E-state index in [2.05, 4.69) is 45.5 Å². The Hall–Kier alpha value is -2.82. The lowest BCUT2D eigenvalue weighted by atomic mass is 9.90. The number of rotatable bonds is 6. The van der Waals surface area contributed by atoms with E-state index in [0.29, 0.717) is 6.54 Å². The fraction of sp³-hybridized carbons (Fsp3) is 0.364. The van der Waals surface area contributed by atoms with Gasteiger partial charge in [0.1, 0.15) is 11.6 Å². The predicted molar refractivity (Wildman–Crippen MR) is 108 cm³/mol. The maximum absolute atomic E-state index is 5.38. The summed E-state index contributed by atoms with van der Waals surface area (Å²) in [7, 11) is 0. The molecule has 1 aliphatic heterocycles. The first-order valence-electron chi connectivity index (χ1n) is 9.67. The number of hydrogen-bond donors (Lipinski definition) is 1. The van der Waals surface area contributed by atoms with Gasteiger partial charge in [-0.1, -0.05) is 30.3 Å². The van der Waals surface area contributed by atoms with Crippen LogP contribution in [0, 0.1) is 12.8 Å². The molecule has 0 radical (unpaired) electrons. The van der Waals surface area contributed by atoms with Crippen molar-refractivity contribution < 1.29 is 4.42 Å². The molecular formula is C22H26N4O. The molecule has 0 aliphatic carbocycles. The number of hydrogen-bond acceptors (Lipinski definition) is 5. The third-order valence-corrected chi connectivity index (χ3v) is 5.13. The Kier molecular flexibility index (Phi) is 5.37. The van der Waals surface area contributed by atoms with Crippen LogP contribution in [0.4, 0.5) is 11.8 Å². The largest absolute Gasteiger partial charge is 0.467 e.